The van der Waals surface area contributed by atoms with E-state index < -0.39 is 5.41 Å². The van der Waals surface area contributed by atoms with Crippen LogP contribution < -0.4 is 4.90 Å². The van der Waals surface area contributed by atoms with Crippen LogP contribution >= 0.6 is 0 Å². The topological polar surface area (TPSA) is 3.24 Å². The van der Waals surface area contributed by atoms with Crippen molar-refractivity contribution in [2.45, 2.75) is 24.7 Å². The summed E-state index contributed by atoms with van der Waals surface area (Å²) in [6.45, 7) is 4.81. The smallest absolute Gasteiger partial charge is 0.0726 e. The molecule has 1 heteroatoms. The van der Waals surface area contributed by atoms with E-state index in [9.17, 15) is 0 Å². The number of hydrogen-bond acceptors (Lipinski definition) is 1. The summed E-state index contributed by atoms with van der Waals surface area (Å²) >= 11 is 0. The number of nitrogens with zero attached hydrogens (tertiary/aromatic N) is 1. The van der Waals surface area contributed by atoms with Crippen LogP contribution in [-0.4, -0.2) is 0 Å². The Balaban J connectivity index is 1.09. The van der Waals surface area contributed by atoms with Crippen LogP contribution in [0.3, 0.4) is 0 Å². The third-order valence-corrected chi connectivity index (χ3v) is 14.7. The molecular weight excluding hydrogens is 783 g/mol. The maximum absolute atomic E-state index is 2.53. The predicted molar refractivity (Wildman–Crippen MR) is 271 cm³/mol. The quantitative estimate of drug-likeness (QED) is 0.161. The van der Waals surface area contributed by atoms with Crippen LogP contribution in [-0.2, 0) is 10.8 Å². The van der Waals surface area contributed by atoms with Gasteiger partial charge in [0.15, 0.2) is 0 Å². The molecule has 3 aliphatic carbocycles. The van der Waals surface area contributed by atoms with Crippen LogP contribution in [0.2, 0.25) is 0 Å². The SMILES string of the molecule is CC1(C)c2cc(N(c3ccccc3)c3ccc4c(c3)C3(c5ccccc5-c5ccc(-c6ccccc6)cc53)c3ccccc3-4)c(-c3ccccc3)cc2-c2c(-c3ccccc3)cccc21. The van der Waals surface area contributed by atoms with E-state index in [0.717, 1.165) is 17.1 Å². The van der Waals surface area contributed by atoms with Crippen molar-refractivity contribution in [3.8, 4) is 66.8 Å². The first-order valence-electron chi connectivity index (χ1n) is 22.8. The van der Waals surface area contributed by atoms with E-state index in [-0.39, 0.29) is 5.41 Å². The van der Waals surface area contributed by atoms with Crippen LogP contribution in [0.5, 0.6) is 0 Å². The summed E-state index contributed by atoms with van der Waals surface area (Å²) in [6, 6.07) is 88.3. The van der Waals surface area contributed by atoms with Crippen molar-refractivity contribution in [3.63, 3.8) is 0 Å². The summed E-state index contributed by atoms with van der Waals surface area (Å²) in [5, 5.41) is 0. The van der Waals surface area contributed by atoms with Gasteiger partial charge in [-0.15, -0.1) is 0 Å². The van der Waals surface area contributed by atoms with Crippen molar-refractivity contribution in [2.24, 2.45) is 0 Å². The number of para-hydroxylation sites is 1. The minimum atomic E-state index is -0.515. The molecule has 1 unspecified atom stereocenters. The molecule has 1 nitrogen and oxygen atoms in total. The van der Waals surface area contributed by atoms with Crippen LogP contribution in [0.15, 0.2) is 237 Å². The second kappa shape index (κ2) is 14.3. The Morgan fingerprint density at radius 2 is 0.769 bits per heavy atom. The molecule has 306 valence electrons. The molecule has 13 rings (SSSR count). The molecule has 0 saturated carbocycles. The summed E-state index contributed by atoms with van der Waals surface area (Å²) in [4.78, 5) is 2.53. The van der Waals surface area contributed by atoms with Crippen LogP contribution in [0.4, 0.5) is 17.1 Å². The fourth-order valence-corrected chi connectivity index (χ4v) is 11.8. The Morgan fingerprint density at radius 3 is 1.42 bits per heavy atom. The Morgan fingerprint density at radius 1 is 0.277 bits per heavy atom. The van der Waals surface area contributed by atoms with Crippen molar-refractivity contribution in [2.75, 3.05) is 4.90 Å². The Bertz CT molecular complexity index is 3480. The lowest BCUT2D eigenvalue weighted by Gasteiger charge is -2.33. The second-order valence-electron chi connectivity index (χ2n) is 18.4. The molecule has 0 fully saturated rings. The van der Waals surface area contributed by atoms with E-state index >= 15 is 0 Å². The second-order valence-corrected chi connectivity index (χ2v) is 18.4. The fourth-order valence-electron chi connectivity index (χ4n) is 11.8. The van der Waals surface area contributed by atoms with Crippen LogP contribution in [0, 0.1) is 0 Å². The van der Waals surface area contributed by atoms with Gasteiger partial charge in [-0.3, -0.25) is 0 Å². The first kappa shape index (κ1) is 37.5. The minimum Gasteiger partial charge on any atom is -0.310 e. The first-order chi connectivity index (χ1) is 32.0. The van der Waals surface area contributed by atoms with Crippen molar-refractivity contribution in [3.05, 3.63) is 270 Å². The zero-order valence-electron chi connectivity index (χ0n) is 36.5. The Hall–Kier alpha value is -8.00. The highest BCUT2D eigenvalue weighted by Crippen LogP contribution is 2.64. The van der Waals surface area contributed by atoms with Gasteiger partial charge in [-0.25, -0.2) is 0 Å². The van der Waals surface area contributed by atoms with E-state index in [4.69, 9.17) is 0 Å². The lowest BCUT2D eigenvalue weighted by molar-refractivity contribution is 0.660. The molecule has 0 aliphatic heterocycles. The third-order valence-electron chi connectivity index (χ3n) is 14.7. The average Bonchev–Trinajstić information content (AvgIpc) is 3.92. The van der Waals surface area contributed by atoms with Crippen LogP contribution in [0.25, 0.3) is 66.8 Å². The lowest BCUT2D eigenvalue weighted by atomic mass is 9.70. The molecule has 65 heavy (non-hydrogen) atoms. The molecule has 0 N–H and O–H groups in total. The number of anilines is 3. The first-order valence-corrected chi connectivity index (χ1v) is 22.8. The highest BCUT2D eigenvalue weighted by Gasteiger charge is 2.52. The van der Waals surface area contributed by atoms with Crippen molar-refractivity contribution < 1.29 is 0 Å². The average molecular weight is 828 g/mol. The number of hydrogen-bond donors (Lipinski definition) is 0. The van der Waals surface area contributed by atoms with Gasteiger partial charge in [-0.1, -0.05) is 208 Å². The largest absolute Gasteiger partial charge is 0.310 e. The van der Waals surface area contributed by atoms with Crippen LogP contribution in [0.1, 0.15) is 47.2 Å². The molecule has 0 bridgehead atoms. The summed E-state index contributed by atoms with van der Waals surface area (Å²) in [6.07, 6.45) is 0. The minimum absolute atomic E-state index is 0.237. The van der Waals surface area contributed by atoms with Gasteiger partial charge < -0.3 is 4.90 Å². The van der Waals surface area contributed by atoms with Gasteiger partial charge in [-0.2, -0.15) is 0 Å². The maximum Gasteiger partial charge on any atom is 0.0726 e. The number of benzene rings is 10. The van der Waals surface area contributed by atoms with Gasteiger partial charge in [0, 0.05) is 22.4 Å². The van der Waals surface area contributed by atoms with Gasteiger partial charge in [-0.05, 0) is 137 Å². The summed E-state index contributed by atoms with van der Waals surface area (Å²) in [5.74, 6) is 0. The molecule has 10 aromatic carbocycles. The Kier molecular flexibility index (Phi) is 8.24. The van der Waals surface area contributed by atoms with E-state index in [0.29, 0.717) is 0 Å². The maximum atomic E-state index is 2.53. The standard InChI is InChI=1S/C64H45N/c1-63(2)57-33-19-30-48(43-22-9-4-10-23-43)62(57)54-40-53(44-24-11-5-12-25-44)61(41-58(54)63)65(46-26-13-6-14-27-46)47-35-37-52-50-29-16-18-32-56(50)64(60(52)39-47)55-31-17-15-28-49(55)51-36-34-45(38-59(51)64)42-20-7-3-8-21-42/h3-41H,1-2H3. The van der Waals surface area contributed by atoms with Gasteiger partial charge in [0.05, 0.1) is 11.1 Å². The van der Waals surface area contributed by atoms with Gasteiger partial charge in [0.25, 0.3) is 0 Å². The summed E-state index contributed by atoms with van der Waals surface area (Å²) in [5.41, 5.74) is 25.9. The van der Waals surface area contributed by atoms with E-state index in [1.54, 1.807) is 0 Å². The van der Waals surface area contributed by atoms with Gasteiger partial charge in [0.1, 0.15) is 0 Å². The molecule has 0 heterocycles. The molecule has 0 amide bonds. The van der Waals surface area contributed by atoms with Crippen molar-refractivity contribution in [1.29, 1.82) is 0 Å². The molecular formula is C64H45N. The fraction of sp³-hybridized carbons (Fsp3) is 0.0625. The number of rotatable bonds is 6. The third kappa shape index (κ3) is 5.39. The van der Waals surface area contributed by atoms with E-state index in [1.165, 1.54) is 100 Å². The summed E-state index contributed by atoms with van der Waals surface area (Å²) < 4.78 is 0. The van der Waals surface area contributed by atoms with Gasteiger partial charge >= 0.3 is 0 Å². The molecule has 10 aromatic rings. The zero-order chi connectivity index (χ0) is 43.3. The molecule has 3 aliphatic rings. The highest BCUT2D eigenvalue weighted by atomic mass is 15.1. The Labute approximate surface area is 381 Å². The van der Waals surface area contributed by atoms with E-state index in [1.807, 2.05) is 0 Å². The highest BCUT2D eigenvalue weighted by molar-refractivity contribution is 6.01. The monoisotopic (exact) mass is 827 g/mol. The van der Waals surface area contributed by atoms with E-state index in [2.05, 4.69) is 255 Å². The molecule has 1 atom stereocenters. The van der Waals surface area contributed by atoms with Crippen molar-refractivity contribution in [1.82, 2.24) is 0 Å². The molecule has 0 aromatic heterocycles. The molecule has 0 saturated heterocycles. The predicted octanol–water partition coefficient (Wildman–Crippen LogP) is 16.8. The zero-order valence-corrected chi connectivity index (χ0v) is 36.5. The lowest BCUT2D eigenvalue weighted by Crippen LogP contribution is -2.26. The molecule has 1 spiro atoms. The molecule has 0 radical (unpaired) electrons. The summed E-state index contributed by atoms with van der Waals surface area (Å²) in [7, 11) is 0. The number of fused-ring (bicyclic) bond motifs is 13. The van der Waals surface area contributed by atoms with Gasteiger partial charge in [0.2, 0.25) is 0 Å². The normalized spacial score (nSPS) is 15.4. The van der Waals surface area contributed by atoms with Crippen molar-refractivity contribution >= 4 is 17.1 Å².